The zero-order chi connectivity index (χ0) is 19.4. The van der Waals surface area contributed by atoms with Gasteiger partial charge in [-0.3, -0.25) is 5.43 Å². The van der Waals surface area contributed by atoms with Gasteiger partial charge in [-0.25, -0.2) is 9.89 Å². The van der Waals surface area contributed by atoms with Crippen LogP contribution in [0.1, 0.15) is 39.0 Å². The van der Waals surface area contributed by atoms with E-state index < -0.39 is 5.69 Å². The average Bonchev–Trinajstić information content (AvgIpc) is 2.62. The van der Waals surface area contributed by atoms with E-state index in [1.165, 1.54) is 0 Å². The second kappa shape index (κ2) is 7.57. The molecule has 27 heavy (non-hydrogen) atoms. The van der Waals surface area contributed by atoms with Crippen LogP contribution in [0.2, 0.25) is 0 Å². The minimum Gasteiger partial charge on any atom is -0.493 e. The molecule has 1 heterocycles. The van der Waals surface area contributed by atoms with E-state index in [1.807, 2.05) is 64.1 Å². The predicted molar refractivity (Wildman–Crippen MR) is 108 cm³/mol. The molecule has 0 radical (unpaired) electrons. The smallest absolute Gasteiger partial charge is 0.363 e. The summed E-state index contributed by atoms with van der Waals surface area (Å²) < 4.78 is 5.74. The van der Waals surface area contributed by atoms with Crippen molar-refractivity contribution in [2.45, 2.75) is 33.1 Å². The lowest BCUT2D eigenvalue weighted by Gasteiger charge is -2.18. The van der Waals surface area contributed by atoms with Crippen LogP contribution in [0.4, 0.5) is 5.82 Å². The molecule has 0 unspecified atom stereocenters. The van der Waals surface area contributed by atoms with Gasteiger partial charge >= 0.3 is 5.69 Å². The molecule has 0 bridgehead atoms. The Balaban J connectivity index is 1.99. The second-order valence-electron chi connectivity index (χ2n) is 7.09. The Labute approximate surface area is 157 Å². The Morgan fingerprint density at radius 2 is 2.00 bits per heavy atom. The molecule has 3 rings (SSSR count). The first kappa shape index (κ1) is 18.6. The summed E-state index contributed by atoms with van der Waals surface area (Å²) in [6.07, 6.45) is 1.68. The van der Waals surface area contributed by atoms with Gasteiger partial charge in [-0.1, -0.05) is 51.1 Å². The quantitative estimate of drug-likeness (QED) is 0.534. The molecule has 7 nitrogen and oxygen atoms in total. The van der Waals surface area contributed by atoms with Gasteiger partial charge in [-0.2, -0.15) is 15.2 Å². The Kier molecular flexibility index (Phi) is 5.21. The summed E-state index contributed by atoms with van der Waals surface area (Å²) in [4.78, 5) is 15.5. The van der Waals surface area contributed by atoms with Gasteiger partial charge in [0.2, 0.25) is 0 Å². The van der Waals surface area contributed by atoms with Crippen molar-refractivity contribution in [3.8, 4) is 5.75 Å². The zero-order valence-electron chi connectivity index (χ0n) is 15.9. The molecule has 0 saturated carbocycles. The van der Waals surface area contributed by atoms with Crippen LogP contribution in [-0.4, -0.2) is 28.0 Å². The number of benzene rings is 2. The predicted octanol–water partition coefficient (Wildman–Crippen LogP) is 3.46. The molecule has 3 aromatic rings. The highest BCUT2D eigenvalue weighted by Crippen LogP contribution is 2.27. The SMILES string of the molecule is CCOc1ccc2ccccc2c1/C=N/Nc1nc(=O)[nH]nc1C(C)(C)C. The molecule has 0 fully saturated rings. The Morgan fingerprint density at radius 1 is 1.22 bits per heavy atom. The average molecular weight is 365 g/mol. The molecule has 0 atom stereocenters. The second-order valence-corrected chi connectivity index (χ2v) is 7.09. The highest BCUT2D eigenvalue weighted by molar-refractivity contribution is 6.02. The van der Waals surface area contributed by atoms with Gasteiger partial charge in [0.05, 0.1) is 12.8 Å². The molecule has 0 aliphatic rings. The number of rotatable bonds is 5. The molecular formula is C20H23N5O2. The first-order valence-electron chi connectivity index (χ1n) is 8.81. The van der Waals surface area contributed by atoms with Crippen molar-refractivity contribution in [2.75, 3.05) is 12.0 Å². The first-order chi connectivity index (χ1) is 12.9. The molecule has 0 saturated heterocycles. The molecule has 0 aliphatic heterocycles. The topological polar surface area (TPSA) is 92.3 Å². The van der Waals surface area contributed by atoms with Crippen molar-refractivity contribution < 1.29 is 4.74 Å². The van der Waals surface area contributed by atoms with E-state index in [1.54, 1.807) is 6.21 Å². The molecule has 2 aromatic carbocycles. The number of ether oxygens (including phenoxy) is 1. The molecule has 0 spiro atoms. The van der Waals surface area contributed by atoms with E-state index in [2.05, 4.69) is 25.7 Å². The van der Waals surface area contributed by atoms with E-state index in [0.29, 0.717) is 18.1 Å². The number of hydrogen-bond acceptors (Lipinski definition) is 6. The number of hydrogen-bond donors (Lipinski definition) is 2. The van der Waals surface area contributed by atoms with Crippen LogP contribution in [0.3, 0.4) is 0 Å². The minimum absolute atomic E-state index is 0.301. The fourth-order valence-corrected chi connectivity index (χ4v) is 2.79. The highest BCUT2D eigenvalue weighted by atomic mass is 16.5. The van der Waals surface area contributed by atoms with Crippen LogP contribution < -0.4 is 15.9 Å². The van der Waals surface area contributed by atoms with Crippen molar-refractivity contribution in [1.82, 2.24) is 15.2 Å². The van der Waals surface area contributed by atoms with Gasteiger partial charge in [0.25, 0.3) is 0 Å². The van der Waals surface area contributed by atoms with Gasteiger partial charge in [0, 0.05) is 11.0 Å². The van der Waals surface area contributed by atoms with Gasteiger partial charge in [0.15, 0.2) is 5.82 Å². The van der Waals surface area contributed by atoms with E-state index in [0.717, 1.165) is 22.1 Å². The number of aromatic nitrogens is 3. The van der Waals surface area contributed by atoms with Gasteiger partial charge < -0.3 is 4.74 Å². The number of nitrogens with zero attached hydrogens (tertiary/aromatic N) is 3. The lowest BCUT2D eigenvalue weighted by molar-refractivity contribution is 0.340. The molecular weight excluding hydrogens is 342 g/mol. The number of fused-ring (bicyclic) bond motifs is 1. The van der Waals surface area contributed by atoms with E-state index >= 15 is 0 Å². The number of anilines is 1. The Morgan fingerprint density at radius 3 is 2.74 bits per heavy atom. The lowest BCUT2D eigenvalue weighted by Crippen LogP contribution is -2.24. The van der Waals surface area contributed by atoms with Crippen LogP contribution in [-0.2, 0) is 5.41 Å². The molecule has 1 aromatic heterocycles. The number of aromatic amines is 1. The Hall–Kier alpha value is -3.22. The largest absolute Gasteiger partial charge is 0.493 e. The van der Waals surface area contributed by atoms with Crippen molar-refractivity contribution in [3.63, 3.8) is 0 Å². The first-order valence-corrected chi connectivity index (χ1v) is 8.81. The summed E-state index contributed by atoms with van der Waals surface area (Å²) in [6.45, 7) is 8.46. The van der Waals surface area contributed by atoms with Crippen molar-refractivity contribution in [3.05, 3.63) is 58.1 Å². The van der Waals surface area contributed by atoms with Crippen LogP contribution in [0.15, 0.2) is 46.3 Å². The van der Waals surface area contributed by atoms with Crippen LogP contribution in [0, 0.1) is 0 Å². The molecule has 0 amide bonds. The summed E-state index contributed by atoms with van der Waals surface area (Å²) in [7, 11) is 0. The lowest BCUT2D eigenvalue weighted by atomic mass is 9.92. The Bertz CT molecular complexity index is 1030. The van der Waals surface area contributed by atoms with Crippen LogP contribution in [0.5, 0.6) is 5.75 Å². The number of nitrogens with one attached hydrogen (secondary N) is 2. The third-order valence-electron chi connectivity index (χ3n) is 4.01. The summed E-state index contributed by atoms with van der Waals surface area (Å²) in [5.74, 6) is 1.08. The monoisotopic (exact) mass is 365 g/mol. The molecule has 0 aliphatic carbocycles. The maximum Gasteiger partial charge on any atom is 0.363 e. The summed E-state index contributed by atoms with van der Waals surface area (Å²) in [5.41, 5.74) is 3.52. The van der Waals surface area contributed by atoms with E-state index in [-0.39, 0.29) is 5.41 Å². The number of hydrazone groups is 1. The third-order valence-corrected chi connectivity index (χ3v) is 4.01. The van der Waals surface area contributed by atoms with Crippen LogP contribution in [0.25, 0.3) is 10.8 Å². The maximum atomic E-state index is 11.6. The number of H-pyrrole nitrogens is 1. The highest BCUT2D eigenvalue weighted by Gasteiger charge is 2.21. The van der Waals surface area contributed by atoms with E-state index in [9.17, 15) is 4.79 Å². The standard InChI is InChI=1S/C20H23N5O2/c1-5-27-16-11-10-13-8-6-7-9-14(13)15(16)12-21-24-18-17(20(2,3)4)23-25-19(26)22-18/h6-12H,5H2,1-4H3,(H2,22,24,25,26)/b21-12+. The summed E-state index contributed by atoms with van der Waals surface area (Å²) in [6, 6.07) is 12.0. The fourth-order valence-electron chi connectivity index (χ4n) is 2.79. The molecule has 2 N–H and O–H groups in total. The fraction of sp³-hybridized carbons (Fsp3) is 0.300. The van der Waals surface area contributed by atoms with Gasteiger partial charge in [-0.05, 0) is 23.8 Å². The van der Waals surface area contributed by atoms with Crippen molar-refractivity contribution >= 4 is 22.8 Å². The maximum absolute atomic E-state index is 11.6. The minimum atomic E-state index is -0.527. The van der Waals surface area contributed by atoms with Gasteiger partial charge in [-0.15, -0.1) is 0 Å². The summed E-state index contributed by atoms with van der Waals surface area (Å²) >= 11 is 0. The van der Waals surface area contributed by atoms with Crippen molar-refractivity contribution in [2.24, 2.45) is 5.10 Å². The molecule has 7 heteroatoms. The normalized spacial score (nSPS) is 11.9. The zero-order valence-corrected chi connectivity index (χ0v) is 15.9. The van der Waals surface area contributed by atoms with E-state index in [4.69, 9.17) is 4.74 Å². The van der Waals surface area contributed by atoms with Gasteiger partial charge in [0.1, 0.15) is 11.4 Å². The van der Waals surface area contributed by atoms with Crippen molar-refractivity contribution in [1.29, 1.82) is 0 Å². The molecule has 140 valence electrons. The third kappa shape index (κ3) is 4.13. The summed E-state index contributed by atoms with van der Waals surface area (Å²) in [5, 5.41) is 12.9. The van der Waals surface area contributed by atoms with Crippen LogP contribution >= 0.6 is 0 Å².